The Hall–Kier alpha value is -2.61. The highest BCUT2D eigenvalue weighted by Gasteiger charge is 2.24. The third kappa shape index (κ3) is 6.50. The van der Waals surface area contributed by atoms with Gasteiger partial charge in [0.15, 0.2) is 5.69 Å². The number of hydrogen-bond acceptors (Lipinski definition) is 6. The fraction of sp³-hybridized carbons (Fsp3) is 0.654. The van der Waals surface area contributed by atoms with Crippen LogP contribution in [-0.4, -0.2) is 54.1 Å². The minimum absolute atomic E-state index is 0.107. The first-order valence-electron chi connectivity index (χ1n) is 12.7. The van der Waals surface area contributed by atoms with Crippen LogP contribution < -0.4 is 15.4 Å². The lowest BCUT2D eigenvalue weighted by Crippen LogP contribution is -2.31. The second-order valence-corrected chi connectivity index (χ2v) is 9.22. The van der Waals surface area contributed by atoms with E-state index in [4.69, 9.17) is 9.47 Å². The van der Waals surface area contributed by atoms with E-state index in [1.54, 1.807) is 13.3 Å². The van der Waals surface area contributed by atoms with Crippen molar-refractivity contribution in [1.29, 1.82) is 0 Å². The van der Waals surface area contributed by atoms with Crippen LogP contribution in [0.4, 0.5) is 5.82 Å². The maximum atomic E-state index is 13.0. The number of carbonyl (C=O) groups is 1. The van der Waals surface area contributed by atoms with Crippen molar-refractivity contribution in [3.05, 3.63) is 23.5 Å². The maximum absolute atomic E-state index is 13.0. The quantitative estimate of drug-likeness (QED) is 0.437. The predicted octanol–water partition coefficient (Wildman–Crippen LogP) is 4.68. The number of nitrogens with one attached hydrogen (secondary N) is 2. The minimum atomic E-state index is -0.107. The number of ether oxygens (including phenoxy) is 2. The lowest BCUT2D eigenvalue weighted by Gasteiger charge is -2.26. The summed E-state index contributed by atoms with van der Waals surface area (Å²) in [5, 5.41) is 11.1. The molecule has 2 N–H and O–H groups in total. The molecule has 0 aromatic carbocycles. The normalized spacial score (nSPS) is 18.0. The fourth-order valence-corrected chi connectivity index (χ4v) is 4.61. The second-order valence-electron chi connectivity index (χ2n) is 9.22. The molecule has 0 unspecified atom stereocenters. The molecule has 0 bridgehead atoms. The van der Waals surface area contributed by atoms with Crippen LogP contribution in [0.5, 0.6) is 5.75 Å². The van der Waals surface area contributed by atoms with Crippen LogP contribution in [0.1, 0.15) is 68.9 Å². The number of amides is 1. The van der Waals surface area contributed by atoms with Crippen molar-refractivity contribution in [2.45, 2.75) is 66.3 Å². The third-order valence-electron chi connectivity index (χ3n) is 6.71. The Balaban J connectivity index is 1.74. The van der Waals surface area contributed by atoms with Crippen molar-refractivity contribution in [3.8, 4) is 17.0 Å². The molecule has 188 valence electrons. The molecule has 1 amide bonds. The first-order valence-corrected chi connectivity index (χ1v) is 12.7. The van der Waals surface area contributed by atoms with E-state index in [2.05, 4.69) is 27.6 Å². The number of carbonyl (C=O) groups excluding carboxylic acids is 1. The molecule has 8 heteroatoms. The van der Waals surface area contributed by atoms with Gasteiger partial charge in [0.2, 0.25) is 0 Å². The van der Waals surface area contributed by atoms with Gasteiger partial charge in [-0.2, -0.15) is 5.10 Å². The summed E-state index contributed by atoms with van der Waals surface area (Å²) in [6.07, 6.45) is 7.56. The van der Waals surface area contributed by atoms with Gasteiger partial charge in [-0.05, 0) is 51.9 Å². The Morgan fingerprint density at radius 2 is 2.00 bits per heavy atom. The van der Waals surface area contributed by atoms with Gasteiger partial charge >= 0.3 is 0 Å². The lowest BCUT2D eigenvalue weighted by atomic mass is 9.83. The molecule has 8 nitrogen and oxygen atoms in total. The van der Waals surface area contributed by atoms with E-state index in [-0.39, 0.29) is 5.91 Å². The van der Waals surface area contributed by atoms with E-state index in [1.165, 1.54) is 25.7 Å². The van der Waals surface area contributed by atoms with Crippen LogP contribution in [0.15, 0.2) is 12.3 Å². The number of nitrogens with zero attached hydrogens (tertiary/aromatic N) is 3. The zero-order valence-electron chi connectivity index (χ0n) is 21.4. The van der Waals surface area contributed by atoms with Crippen molar-refractivity contribution in [3.63, 3.8) is 0 Å². The molecule has 0 aliphatic heterocycles. The van der Waals surface area contributed by atoms with E-state index in [1.807, 2.05) is 31.5 Å². The number of aromatic nitrogens is 3. The SMILES string of the molecule is CCOCCCNc1cc(OC)c(-c2c(C)c(C(=O)NCC3CCC(C)CC3)nn2CC)cn1. The van der Waals surface area contributed by atoms with Gasteiger partial charge in [0, 0.05) is 50.7 Å². The Kier molecular flexibility index (Phi) is 9.74. The minimum Gasteiger partial charge on any atom is -0.496 e. The largest absolute Gasteiger partial charge is 0.496 e. The monoisotopic (exact) mass is 471 g/mol. The van der Waals surface area contributed by atoms with Gasteiger partial charge in [-0.1, -0.05) is 19.8 Å². The summed E-state index contributed by atoms with van der Waals surface area (Å²) in [6, 6.07) is 1.90. The topological polar surface area (TPSA) is 90.3 Å². The molecule has 34 heavy (non-hydrogen) atoms. The Morgan fingerprint density at radius 3 is 2.68 bits per heavy atom. The molecule has 0 radical (unpaired) electrons. The smallest absolute Gasteiger partial charge is 0.272 e. The molecule has 2 aromatic heterocycles. The van der Waals surface area contributed by atoms with E-state index in [9.17, 15) is 4.79 Å². The standard InChI is InChI=1S/C26H41N5O3/c1-6-31-25(21-17-28-23(15-22(21)33-5)27-13-8-14-34-7-2)19(4)24(30-31)26(32)29-16-20-11-9-18(3)10-12-20/h15,17-18,20H,6-14,16H2,1-5H3,(H,27,28)(H,29,32). The molecule has 0 spiro atoms. The molecular weight excluding hydrogens is 430 g/mol. The number of rotatable bonds is 12. The van der Waals surface area contributed by atoms with Crippen molar-refractivity contribution >= 4 is 11.7 Å². The van der Waals surface area contributed by atoms with Gasteiger partial charge in [0.1, 0.15) is 11.6 Å². The number of pyridine rings is 1. The third-order valence-corrected chi connectivity index (χ3v) is 6.71. The van der Waals surface area contributed by atoms with E-state index in [0.717, 1.165) is 54.7 Å². The van der Waals surface area contributed by atoms with Crippen LogP contribution >= 0.6 is 0 Å². The molecule has 2 aromatic rings. The van der Waals surface area contributed by atoms with Crippen molar-refractivity contribution < 1.29 is 14.3 Å². The van der Waals surface area contributed by atoms with E-state index >= 15 is 0 Å². The van der Waals surface area contributed by atoms with E-state index < -0.39 is 0 Å². The highest BCUT2D eigenvalue weighted by atomic mass is 16.5. The van der Waals surface area contributed by atoms with Crippen LogP contribution in [0.3, 0.4) is 0 Å². The predicted molar refractivity (Wildman–Crippen MR) is 135 cm³/mol. The average Bonchev–Trinajstić information content (AvgIpc) is 3.19. The first kappa shape index (κ1) is 26.0. The lowest BCUT2D eigenvalue weighted by molar-refractivity contribution is 0.0935. The zero-order valence-corrected chi connectivity index (χ0v) is 21.4. The molecule has 1 aliphatic rings. The van der Waals surface area contributed by atoms with Crippen LogP contribution in [0.25, 0.3) is 11.3 Å². The van der Waals surface area contributed by atoms with Crippen LogP contribution in [0.2, 0.25) is 0 Å². The number of methoxy groups -OCH3 is 1. The van der Waals surface area contributed by atoms with Gasteiger partial charge < -0.3 is 20.1 Å². The molecule has 2 heterocycles. The summed E-state index contributed by atoms with van der Waals surface area (Å²) in [4.78, 5) is 17.6. The van der Waals surface area contributed by atoms with Crippen molar-refractivity contribution in [1.82, 2.24) is 20.1 Å². The van der Waals surface area contributed by atoms with Crippen LogP contribution in [0, 0.1) is 18.8 Å². The molecular formula is C26H41N5O3. The van der Waals surface area contributed by atoms with E-state index in [0.29, 0.717) is 30.5 Å². The summed E-state index contributed by atoms with van der Waals surface area (Å²) < 4.78 is 12.9. The molecule has 1 aliphatic carbocycles. The Bertz CT molecular complexity index is 935. The fourth-order valence-electron chi connectivity index (χ4n) is 4.61. The highest BCUT2D eigenvalue weighted by Crippen LogP contribution is 2.34. The number of aryl methyl sites for hydroxylation is 1. The van der Waals surface area contributed by atoms with Gasteiger partial charge in [-0.25, -0.2) is 4.98 Å². The summed E-state index contributed by atoms with van der Waals surface area (Å²) >= 11 is 0. The summed E-state index contributed by atoms with van der Waals surface area (Å²) in [6.45, 7) is 11.9. The second kappa shape index (κ2) is 12.7. The number of anilines is 1. The molecule has 0 saturated heterocycles. The molecule has 0 atom stereocenters. The van der Waals surface area contributed by atoms with Gasteiger partial charge in [0.25, 0.3) is 5.91 Å². The Morgan fingerprint density at radius 1 is 1.24 bits per heavy atom. The molecule has 1 fully saturated rings. The highest BCUT2D eigenvalue weighted by molar-refractivity contribution is 5.95. The molecule has 1 saturated carbocycles. The van der Waals surface area contributed by atoms with Crippen molar-refractivity contribution in [2.75, 3.05) is 38.7 Å². The van der Waals surface area contributed by atoms with Crippen LogP contribution in [-0.2, 0) is 11.3 Å². The first-order chi connectivity index (χ1) is 16.5. The summed E-state index contributed by atoms with van der Waals surface area (Å²) in [7, 11) is 1.65. The summed E-state index contributed by atoms with van der Waals surface area (Å²) in [5.41, 5.74) is 3.01. The molecule has 3 rings (SSSR count). The van der Waals surface area contributed by atoms with Gasteiger partial charge in [0.05, 0.1) is 18.4 Å². The maximum Gasteiger partial charge on any atom is 0.272 e. The number of hydrogen-bond donors (Lipinski definition) is 2. The van der Waals surface area contributed by atoms with Crippen molar-refractivity contribution in [2.24, 2.45) is 11.8 Å². The Labute approximate surface area is 203 Å². The average molecular weight is 472 g/mol. The summed E-state index contributed by atoms with van der Waals surface area (Å²) in [5.74, 6) is 2.70. The van der Waals surface area contributed by atoms with Gasteiger partial charge in [-0.3, -0.25) is 9.48 Å². The van der Waals surface area contributed by atoms with Gasteiger partial charge in [-0.15, -0.1) is 0 Å². The zero-order chi connectivity index (χ0) is 24.5.